The van der Waals surface area contributed by atoms with E-state index in [2.05, 4.69) is 51.5 Å². The Hall–Kier alpha value is -2.72. The van der Waals surface area contributed by atoms with Gasteiger partial charge in [-0.3, -0.25) is 9.80 Å². The van der Waals surface area contributed by atoms with E-state index in [4.69, 9.17) is 4.74 Å². The quantitative estimate of drug-likeness (QED) is 0.712. The Bertz CT molecular complexity index is 1020. The van der Waals surface area contributed by atoms with E-state index in [-0.39, 0.29) is 17.3 Å². The first-order valence-electron chi connectivity index (χ1n) is 11.5. The minimum absolute atomic E-state index is 0.141. The molecule has 34 heavy (non-hydrogen) atoms. The molecule has 1 aromatic heterocycles. The Labute approximate surface area is 196 Å². The van der Waals surface area contributed by atoms with Crippen molar-refractivity contribution in [1.29, 1.82) is 0 Å². The predicted molar refractivity (Wildman–Crippen MR) is 119 cm³/mol. The third-order valence-corrected chi connectivity index (χ3v) is 7.60. The number of urea groups is 1. The zero-order valence-corrected chi connectivity index (χ0v) is 19.0. The van der Waals surface area contributed by atoms with Gasteiger partial charge >= 0.3 is 12.2 Å². The third kappa shape index (κ3) is 4.13. The third-order valence-electron chi connectivity index (χ3n) is 7.60. The Morgan fingerprint density at radius 2 is 1.76 bits per heavy atom. The molecule has 3 heterocycles. The van der Waals surface area contributed by atoms with Crippen molar-refractivity contribution in [3.8, 4) is 0 Å². The van der Waals surface area contributed by atoms with E-state index in [1.165, 1.54) is 10.5 Å². The molecular formula is C24H28F3N5O2. The number of benzene rings is 1. The summed E-state index contributed by atoms with van der Waals surface area (Å²) in [5.41, 5.74) is 0.963. The van der Waals surface area contributed by atoms with Gasteiger partial charge in [0.1, 0.15) is 0 Å². The maximum absolute atomic E-state index is 12.8. The highest BCUT2D eigenvalue weighted by atomic mass is 19.4. The lowest BCUT2D eigenvalue weighted by Gasteiger charge is -2.51. The van der Waals surface area contributed by atoms with Crippen LogP contribution < -0.4 is 10.2 Å². The number of anilines is 1. The van der Waals surface area contributed by atoms with E-state index < -0.39 is 17.5 Å². The van der Waals surface area contributed by atoms with Gasteiger partial charge in [-0.25, -0.2) is 14.8 Å². The number of alkyl halides is 3. The van der Waals surface area contributed by atoms with Crippen LogP contribution in [0.2, 0.25) is 0 Å². The minimum Gasteiger partial charge on any atom is -0.381 e. The van der Waals surface area contributed by atoms with Crippen molar-refractivity contribution in [2.45, 2.75) is 42.9 Å². The summed E-state index contributed by atoms with van der Waals surface area (Å²) in [6, 6.07) is 10.2. The Morgan fingerprint density at radius 3 is 2.32 bits per heavy atom. The lowest BCUT2D eigenvalue weighted by molar-refractivity contribution is -0.144. The highest BCUT2D eigenvalue weighted by Crippen LogP contribution is 2.47. The van der Waals surface area contributed by atoms with Gasteiger partial charge in [-0.2, -0.15) is 13.2 Å². The molecule has 0 bridgehead atoms. The second-order valence-corrected chi connectivity index (χ2v) is 9.74. The van der Waals surface area contributed by atoms with Crippen LogP contribution in [0.5, 0.6) is 0 Å². The lowest BCUT2D eigenvalue weighted by Crippen LogP contribution is -2.56. The maximum Gasteiger partial charge on any atom is 0.451 e. The summed E-state index contributed by atoms with van der Waals surface area (Å²) in [4.78, 5) is 23.5. The number of carbonyl (C=O) groups excluding carboxylic acids is 1. The topological polar surface area (TPSA) is 70.6 Å². The molecule has 1 aromatic carbocycles. The summed E-state index contributed by atoms with van der Waals surface area (Å²) < 4.78 is 43.8. The van der Waals surface area contributed by atoms with Crippen LogP contribution in [0.3, 0.4) is 0 Å². The number of hydrogen-bond donors (Lipinski definition) is 1. The lowest BCUT2D eigenvalue weighted by atomic mass is 9.68. The highest BCUT2D eigenvalue weighted by Gasteiger charge is 2.51. The number of halogens is 3. The zero-order chi connectivity index (χ0) is 24.0. The molecule has 2 saturated heterocycles. The molecule has 3 aliphatic rings. The zero-order valence-electron chi connectivity index (χ0n) is 19.0. The van der Waals surface area contributed by atoms with Crippen LogP contribution >= 0.6 is 0 Å². The van der Waals surface area contributed by atoms with E-state index in [0.717, 1.165) is 57.8 Å². The Morgan fingerprint density at radius 1 is 1.12 bits per heavy atom. The molecule has 2 aliphatic heterocycles. The van der Waals surface area contributed by atoms with Gasteiger partial charge < -0.3 is 10.1 Å². The molecule has 1 N–H and O–H groups in total. The molecule has 7 nitrogen and oxygen atoms in total. The molecule has 5 rings (SSSR count). The number of nitrogens with one attached hydrogen (secondary N) is 1. The van der Waals surface area contributed by atoms with Gasteiger partial charge in [-0.05, 0) is 38.3 Å². The fourth-order valence-electron chi connectivity index (χ4n) is 5.54. The Balaban J connectivity index is 1.33. The number of hydrogen-bond acceptors (Lipinski definition) is 5. The average Bonchev–Trinajstić information content (AvgIpc) is 3.12. The molecule has 3 fully saturated rings. The van der Waals surface area contributed by atoms with Gasteiger partial charge in [-0.15, -0.1) is 0 Å². The standard InChI is InChI=1S/C24H28F3N5O2/c1-31(13-17-14-34-15-17)23(18-5-3-2-4-6-18)9-7-22(8-10-23)16-32(21(33)30-22)19-11-28-20(29-12-19)24(25,26)27/h2-6,11-12,17H,7-10,13-16H2,1H3,(H,30,33)/t22-,23-. The van der Waals surface area contributed by atoms with Crippen LogP contribution in [0, 0.1) is 5.92 Å². The molecule has 2 amide bonds. The maximum atomic E-state index is 12.8. The summed E-state index contributed by atoms with van der Waals surface area (Å²) >= 11 is 0. The smallest absolute Gasteiger partial charge is 0.381 e. The van der Waals surface area contributed by atoms with Crippen molar-refractivity contribution in [3.05, 3.63) is 54.1 Å². The van der Waals surface area contributed by atoms with Crippen molar-refractivity contribution < 1.29 is 22.7 Å². The molecule has 0 atom stereocenters. The van der Waals surface area contributed by atoms with Crippen LogP contribution in [-0.4, -0.2) is 59.8 Å². The van der Waals surface area contributed by atoms with Crippen molar-refractivity contribution in [2.75, 3.05) is 38.3 Å². The van der Waals surface area contributed by atoms with E-state index in [0.29, 0.717) is 12.5 Å². The SMILES string of the molecule is CN(CC1COC1)[C@]1(c2ccccc2)CC[C@@]2(CC1)CN(c1cnc(C(F)(F)F)nc1)C(=O)N2. The van der Waals surface area contributed by atoms with Crippen molar-refractivity contribution in [1.82, 2.24) is 20.2 Å². The minimum atomic E-state index is -4.62. The van der Waals surface area contributed by atoms with E-state index in [9.17, 15) is 18.0 Å². The largest absolute Gasteiger partial charge is 0.451 e. The number of aromatic nitrogens is 2. The van der Waals surface area contributed by atoms with Gasteiger partial charge in [0.15, 0.2) is 0 Å². The number of nitrogens with zero attached hydrogens (tertiary/aromatic N) is 4. The van der Waals surface area contributed by atoms with Crippen LogP contribution in [0.4, 0.5) is 23.7 Å². The number of carbonyl (C=O) groups is 1. The van der Waals surface area contributed by atoms with Crippen molar-refractivity contribution in [3.63, 3.8) is 0 Å². The van der Waals surface area contributed by atoms with Gasteiger partial charge in [0, 0.05) is 18.0 Å². The molecule has 1 saturated carbocycles. The van der Waals surface area contributed by atoms with E-state index in [1.807, 2.05) is 6.07 Å². The van der Waals surface area contributed by atoms with Gasteiger partial charge in [0.05, 0.1) is 43.4 Å². The van der Waals surface area contributed by atoms with Crippen LogP contribution in [0.15, 0.2) is 42.7 Å². The number of amides is 2. The molecule has 1 aliphatic carbocycles. The fraction of sp³-hybridized carbons (Fsp3) is 0.542. The Kier molecular flexibility index (Phi) is 5.76. The molecule has 1 spiro atoms. The predicted octanol–water partition coefficient (Wildman–Crippen LogP) is 3.81. The van der Waals surface area contributed by atoms with Crippen LogP contribution in [-0.2, 0) is 16.5 Å². The van der Waals surface area contributed by atoms with Crippen LogP contribution in [0.1, 0.15) is 37.1 Å². The summed E-state index contributed by atoms with van der Waals surface area (Å²) in [5.74, 6) is -0.682. The first kappa shape index (κ1) is 23.0. The van der Waals surface area contributed by atoms with Crippen molar-refractivity contribution in [2.24, 2.45) is 5.92 Å². The molecular weight excluding hydrogens is 447 g/mol. The molecule has 0 radical (unpaired) electrons. The van der Waals surface area contributed by atoms with E-state index in [1.54, 1.807) is 0 Å². The summed E-state index contributed by atoms with van der Waals surface area (Å²) in [6.07, 6.45) is 0.764. The van der Waals surface area contributed by atoms with Crippen LogP contribution in [0.25, 0.3) is 0 Å². The number of rotatable bonds is 5. The normalized spacial score (nSPS) is 27.8. The monoisotopic (exact) mass is 475 g/mol. The van der Waals surface area contributed by atoms with Crippen molar-refractivity contribution >= 4 is 11.7 Å². The second kappa shape index (κ2) is 8.49. The number of ether oxygens (including phenoxy) is 1. The first-order chi connectivity index (χ1) is 16.2. The van der Waals surface area contributed by atoms with Gasteiger partial charge in [0.25, 0.3) is 0 Å². The molecule has 0 unspecified atom stereocenters. The average molecular weight is 476 g/mol. The van der Waals surface area contributed by atoms with Gasteiger partial charge in [0.2, 0.25) is 5.82 Å². The molecule has 10 heteroatoms. The fourth-order valence-corrected chi connectivity index (χ4v) is 5.54. The summed E-state index contributed by atoms with van der Waals surface area (Å²) in [5, 5.41) is 3.12. The summed E-state index contributed by atoms with van der Waals surface area (Å²) in [6.45, 7) is 2.91. The molecule has 182 valence electrons. The molecule has 2 aromatic rings. The highest BCUT2D eigenvalue weighted by molar-refractivity contribution is 5.95. The van der Waals surface area contributed by atoms with Gasteiger partial charge in [-0.1, -0.05) is 30.3 Å². The van der Waals surface area contributed by atoms with E-state index >= 15 is 0 Å². The second-order valence-electron chi connectivity index (χ2n) is 9.74. The first-order valence-corrected chi connectivity index (χ1v) is 11.5. The summed E-state index contributed by atoms with van der Waals surface area (Å²) in [7, 11) is 2.17.